The summed E-state index contributed by atoms with van der Waals surface area (Å²) < 4.78 is 15.7. The summed E-state index contributed by atoms with van der Waals surface area (Å²) in [7, 11) is 1.61. The Morgan fingerprint density at radius 2 is 1.90 bits per heavy atom. The lowest BCUT2D eigenvalue weighted by molar-refractivity contribution is -0.115. The second-order valence-electron chi connectivity index (χ2n) is 6.40. The van der Waals surface area contributed by atoms with Crippen LogP contribution in [0.3, 0.4) is 0 Å². The van der Waals surface area contributed by atoms with Crippen LogP contribution in [0.1, 0.15) is 17.0 Å². The van der Waals surface area contributed by atoms with Crippen molar-refractivity contribution in [2.75, 3.05) is 12.4 Å². The topological polar surface area (TPSA) is 90.4 Å². The first-order chi connectivity index (χ1) is 14.2. The molecule has 0 aliphatic heterocycles. The monoisotopic (exact) mass is 389 g/mol. The molecule has 0 radical (unpaired) electrons. The summed E-state index contributed by atoms with van der Waals surface area (Å²) in [5.74, 6) is 2.03. The van der Waals surface area contributed by atoms with Crippen molar-refractivity contribution in [3.63, 3.8) is 0 Å². The molecule has 4 aromatic rings. The predicted octanol–water partition coefficient (Wildman–Crippen LogP) is 4.11. The molecule has 1 N–H and O–H groups in total. The number of ether oxygens (including phenoxy) is 1. The van der Waals surface area contributed by atoms with Crippen molar-refractivity contribution in [2.45, 2.75) is 12.8 Å². The average molecular weight is 389 g/mol. The molecular weight excluding hydrogens is 370 g/mol. The second-order valence-corrected chi connectivity index (χ2v) is 6.40. The SMILES string of the molecule is COc1ccc(CC(=O)Nc2ccccc2Cc2nc(-c3ccco3)no2)cc1. The Labute approximate surface area is 167 Å². The number of nitrogens with zero attached hydrogens (tertiary/aromatic N) is 2. The molecule has 146 valence electrons. The summed E-state index contributed by atoms with van der Waals surface area (Å²) in [6.45, 7) is 0. The molecule has 0 atom stereocenters. The zero-order chi connectivity index (χ0) is 20.1. The molecule has 2 aromatic heterocycles. The number of amides is 1. The van der Waals surface area contributed by atoms with Gasteiger partial charge in [0.15, 0.2) is 5.76 Å². The van der Waals surface area contributed by atoms with E-state index >= 15 is 0 Å². The van der Waals surface area contributed by atoms with Crippen LogP contribution in [0.4, 0.5) is 5.69 Å². The Morgan fingerprint density at radius 3 is 2.66 bits per heavy atom. The standard InChI is InChI=1S/C22H19N3O4/c1-27-17-10-8-15(9-11-17)13-20(26)23-18-6-3-2-5-16(18)14-21-24-22(25-29-21)19-7-4-12-28-19/h2-12H,13-14H2,1H3,(H,23,26). The number of aromatic nitrogens is 2. The zero-order valence-electron chi connectivity index (χ0n) is 15.8. The molecule has 2 heterocycles. The third-order valence-electron chi connectivity index (χ3n) is 4.37. The van der Waals surface area contributed by atoms with Crippen molar-refractivity contribution in [2.24, 2.45) is 0 Å². The molecule has 2 aromatic carbocycles. The first kappa shape index (κ1) is 18.5. The lowest BCUT2D eigenvalue weighted by Gasteiger charge is -2.10. The summed E-state index contributed by atoms with van der Waals surface area (Å²) in [6.07, 6.45) is 2.22. The number of hydrogen-bond acceptors (Lipinski definition) is 6. The van der Waals surface area contributed by atoms with E-state index in [9.17, 15) is 4.79 Å². The lowest BCUT2D eigenvalue weighted by atomic mass is 10.1. The van der Waals surface area contributed by atoms with Crippen LogP contribution in [0.5, 0.6) is 5.75 Å². The molecule has 4 rings (SSSR count). The molecule has 0 bridgehead atoms. The Hall–Kier alpha value is -3.87. The molecule has 29 heavy (non-hydrogen) atoms. The zero-order valence-corrected chi connectivity index (χ0v) is 15.8. The molecule has 0 spiro atoms. The number of benzene rings is 2. The van der Waals surface area contributed by atoms with E-state index in [1.807, 2.05) is 48.5 Å². The van der Waals surface area contributed by atoms with Crippen LogP contribution < -0.4 is 10.1 Å². The number of rotatable bonds is 7. The van der Waals surface area contributed by atoms with Gasteiger partial charge in [0.25, 0.3) is 0 Å². The van der Waals surface area contributed by atoms with Crippen LogP contribution in [-0.2, 0) is 17.6 Å². The highest BCUT2D eigenvalue weighted by Crippen LogP contribution is 2.21. The van der Waals surface area contributed by atoms with E-state index in [0.29, 0.717) is 29.6 Å². The minimum Gasteiger partial charge on any atom is -0.497 e. The van der Waals surface area contributed by atoms with Gasteiger partial charge in [-0.1, -0.05) is 35.5 Å². The van der Waals surface area contributed by atoms with Crippen molar-refractivity contribution >= 4 is 11.6 Å². The number of anilines is 1. The van der Waals surface area contributed by atoms with E-state index < -0.39 is 0 Å². The number of para-hydroxylation sites is 1. The number of furan rings is 1. The molecule has 7 nitrogen and oxygen atoms in total. The van der Waals surface area contributed by atoms with Gasteiger partial charge in [0.05, 0.1) is 26.2 Å². The van der Waals surface area contributed by atoms with Crippen molar-refractivity contribution in [1.29, 1.82) is 0 Å². The van der Waals surface area contributed by atoms with Crippen LogP contribution in [-0.4, -0.2) is 23.2 Å². The minimum atomic E-state index is -0.107. The predicted molar refractivity (Wildman–Crippen MR) is 107 cm³/mol. The van der Waals surface area contributed by atoms with Gasteiger partial charge in [0.1, 0.15) is 5.75 Å². The number of carbonyl (C=O) groups excluding carboxylic acids is 1. The smallest absolute Gasteiger partial charge is 0.238 e. The molecule has 0 fully saturated rings. The highest BCUT2D eigenvalue weighted by atomic mass is 16.5. The first-order valence-electron chi connectivity index (χ1n) is 9.08. The van der Waals surface area contributed by atoms with E-state index in [0.717, 1.165) is 16.9 Å². The maximum absolute atomic E-state index is 12.5. The van der Waals surface area contributed by atoms with Crippen molar-refractivity contribution in [1.82, 2.24) is 10.1 Å². The van der Waals surface area contributed by atoms with Crippen LogP contribution in [0.25, 0.3) is 11.6 Å². The lowest BCUT2D eigenvalue weighted by Crippen LogP contribution is -2.15. The molecule has 1 amide bonds. The normalized spacial score (nSPS) is 10.7. The van der Waals surface area contributed by atoms with Crippen molar-refractivity contribution < 1.29 is 18.5 Å². The number of hydrogen-bond donors (Lipinski definition) is 1. The molecule has 0 saturated heterocycles. The Morgan fingerprint density at radius 1 is 1.07 bits per heavy atom. The summed E-state index contributed by atoms with van der Waals surface area (Å²) in [4.78, 5) is 16.9. The average Bonchev–Trinajstić information content (AvgIpc) is 3.42. The molecule has 7 heteroatoms. The van der Waals surface area contributed by atoms with E-state index in [4.69, 9.17) is 13.7 Å². The van der Waals surface area contributed by atoms with Gasteiger partial charge in [0, 0.05) is 5.69 Å². The van der Waals surface area contributed by atoms with Gasteiger partial charge in [-0.3, -0.25) is 4.79 Å². The van der Waals surface area contributed by atoms with Crippen LogP contribution >= 0.6 is 0 Å². The van der Waals surface area contributed by atoms with Gasteiger partial charge in [-0.2, -0.15) is 4.98 Å². The highest BCUT2D eigenvalue weighted by molar-refractivity contribution is 5.93. The summed E-state index contributed by atoms with van der Waals surface area (Å²) in [5.41, 5.74) is 2.50. The number of nitrogens with one attached hydrogen (secondary N) is 1. The largest absolute Gasteiger partial charge is 0.497 e. The van der Waals surface area contributed by atoms with Gasteiger partial charge in [-0.05, 0) is 41.5 Å². The number of carbonyl (C=O) groups is 1. The molecule has 0 aliphatic rings. The van der Waals surface area contributed by atoms with Gasteiger partial charge in [-0.25, -0.2) is 0 Å². The van der Waals surface area contributed by atoms with Crippen LogP contribution in [0.2, 0.25) is 0 Å². The fraction of sp³-hybridized carbons (Fsp3) is 0.136. The third-order valence-corrected chi connectivity index (χ3v) is 4.37. The van der Waals surface area contributed by atoms with Crippen molar-refractivity contribution in [3.8, 4) is 17.3 Å². The maximum atomic E-state index is 12.5. The van der Waals surface area contributed by atoms with E-state index in [1.54, 1.807) is 25.5 Å². The third kappa shape index (κ3) is 4.52. The fourth-order valence-corrected chi connectivity index (χ4v) is 2.92. The summed E-state index contributed by atoms with van der Waals surface area (Å²) in [6, 6.07) is 18.5. The first-order valence-corrected chi connectivity index (χ1v) is 9.08. The second kappa shape index (κ2) is 8.43. The number of methoxy groups -OCH3 is 1. The Kier molecular flexibility index (Phi) is 5.38. The van der Waals surface area contributed by atoms with Gasteiger partial charge in [-0.15, -0.1) is 0 Å². The Balaban J connectivity index is 1.44. The van der Waals surface area contributed by atoms with E-state index in [1.165, 1.54) is 0 Å². The molecule has 0 aliphatic carbocycles. The van der Waals surface area contributed by atoms with Gasteiger partial charge in [0.2, 0.25) is 17.6 Å². The minimum absolute atomic E-state index is 0.107. The summed E-state index contributed by atoms with van der Waals surface area (Å²) >= 11 is 0. The Bertz CT molecular complexity index is 1090. The van der Waals surface area contributed by atoms with Gasteiger partial charge < -0.3 is 19.0 Å². The fourth-order valence-electron chi connectivity index (χ4n) is 2.92. The molecule has 0 unspecified atom stereocenters. The van der Waals surface area contributed by atoms with Crippen LogP contribution in [0.15, 0.2) is 75.9 Å². The van der Waals surface area contributed by atoms with Gasteiger partial charge >= 0.3 is 0 Å². The molecule has 0 saturated carbocycles. The quantitative estimate of drug-likeness (QED) is 0.512. The van der Waals surface area contributed by atoms with E-state index in [-0.39, 0.29) is 12.3 Å². The highest BCUT2D eigenvalue weighted by Gasteiger charge is 2.14. The van der Waals surface area contributed by atoms with Crippen molar-refractivity contribution in [3.05, 3.63) is 83.9 Å². The summed E-state index contributed by atoms with van der Waals surface area (Å²) in [5, 5.41) is 6.90. The molecular formula is C22H19N3O4. The van der Waals surface area contributed by atoms with Crippen LogP contribution in [0, 0.1) is 0 Å². The van der Waals surface area contributed by atoms with E-state index in [2.05, 4.69) is 15.5 Å². The maximum Gasteiger partial charge on any atom is 0.238 e.